The molecule has 0 atom stereocenters. The van der Waals surface area contributed by atoms with Gasteiger partial charge in [-0.1, -0.05) is 29.8 Å². The Morgan fingerprint density at radius 2 is 1.76 bits per heavy atom. The van der Waals surface area contributed by atoms with E-state index < -0.39 is 5.97 Å². The van der Waals surface area contributed by atoms with E-state index in [1.807, 2.05) is 37.3 Å². The lowest BCUT2D eigenvalue weighted by atomic mass is 10.2. The molecule has 0 unspecified atom stereocenters. The molecule has 0 bridgehead atoms. The second kappa shape index (κ2) is 5.20. The molecule has 1 N–H and O–H groups in total. The summed E-state index contributed by atoms with van der Waals surface area (Å²) in [6, 6.07) is 14.6. The fourth-order valence-electron chi connectivity index (χ4n) is 1.94. The van der Waals surface area contributed by atoms with Crippen molar-refractivity contribution in [3.05, 3.63) is 59.9 Å². The topological polar surface area (TPSA) is 72.3 Å². The minimum Gasteiger partial charge on any atom is -0.475 e. The summed E-state index contributed by atoms with van der Waals surface area (Å²) in [6.45, 7) is 1.98. The summed E-state index contributed by atoms with van der Waals surface area (Å²) >= 11 is 0. The fraction of sp³-hybridized carbons (Fsp3) is 0.0625. The molecule has 3 rings (SSSR count). The van der Waals surface area contributed by atoms with Crippen molar-refractivity contribution in [2.24, 2.45) is 0 Å². The van der Waals surface area contributed by atoms with Crippen LogP contribution in [0.1, 0.15) is 16.2 Å². The SMILES string of the molecule is Cc1ccc(Oc2nc(C(=O)O)nc3ccccc23)cc1. The van der Waals surface area contributed by atoms with Crippen LogP contribution in [0.25, 0.3) is 10.9 Å². The zero-order valence-electron chi connectivity index (χ0n) is 11.3. The molecule has 0 aliphatic heterocycles. The predicted octanol–water partition coefficient (Wildman–Crippen LogP) is 3.43. The number of carboxylic acids is 1. The largest absolute Gasteiger partial charge is 0.475 e. The van der Waals surface area contributed by atoms with Crippen LogP contribution in [-0.4, -0.2) is 21.0 Å². The van der Waals surface area contributed by atoms with E-state index in [1.165, 1.54) is 0 Å². The van der Waals surface area contributed by atoms with Crippen molar-refractivity contribution in [3.8, 4) is 11.6 Å². The molecular weight excluding hydrogens is 268 g/mol. The number of carbonyl (C=O) groups is 1. The van der Waals surface area contributed by atoms with Crippen molar-refractivity contribution in [1.29, 1.82) is 0 Å². The van der Waals surface area contributed by atoms with Gasteiger partial charge in [-0.2, -0.15) is 4.98 Å². The quantitative estimate of drug-likeness (QED) is 0.795. The van der Waals surface area contributed by atoms with E-state index in [0.29, 0.717) is 16.7 Å². The molecule has 0 fully saturated rings. The number of fused-ring (bicyclic) bond motifs is 1. The molecule has 0 aliphatic rings. The summed E-state index contributed by atoms with van der Waals surface area (Å²) in [7, 11) is 0. The molecular formula is C16H12N2O3. The number of aromatic carboxylic acids is 1. The molecule has 21 heavy (non-hydrogen) atoms. The van der Waals surface area contributed by atoms with Crippen LogP contribution in [0, 0.1) is 6.92 Å². The molecule has 1 aromatic heterocycles. The normalized spacial score (nSPS) is 10.5. The number of para-hydroxylation sites is 1. The Morgan fingerprint density at radius 3 is 2.48 bits per heavy atom. The number of aryl methyl sites for hydroxylation is 1. The number of hydrogen-bond acceptors (Lipinski definition) is 4. The van der Waals surface area contributed by atoms with Gasteiger partial charge in [0.2, 0.25) is 11.7 Å². The summed E-state index contributed by atoms with van der Waals surface area (Å²) in [5, 5.41) is 9.76. The van der Waals surface area contributed by atoms with E-state index in [4.69, 9.17) is 9.84 Å². The monoisotopic (exact) mass is 280 g/mol. The Bertz CT molecular complexity index is 813. The number of hydrogen-bond donors (Lipinski definition) is 1. The van der Waals surface area contributed by atoms with Crippen LogP contribution in [-0.2, 0) is 0 Å². The Hall–Kier alpha value is -2.95. The van der Waals surface area contributed by atoms with Gasteiger partial charge < -0.3 is 9.84 Å². The van der Waals surface area contributed by atoms with Gasteiger partial charge >= 0.3 is 5.97 Å². The molecule has 5 nitrogen and oxygen atoms in total. The average Bonchev–Trinajstić information content (AvgIpc) is 2.49. The van der Waals surface area contributed by atoms with E-state index in [-0.39, 0.29) is 11.7 Å². The van der Waals surface area contributed by atoms with E-state index in [9.17, 15) is 4.79 Å². The lowest BCUT2D eigenvalue weighted by Gasteiger charge is -2.08. The summed E-state index contributed by atoms with van der Waals surface area (Å²) in [6.07, 6.45) is 0. The van der Waals surface area contributed by atoms with Crippen molar-refractivity contribution >= 4 is 16.9 Å². The maximum absolute atomic E-state index is 11.1. The van der Waals surface area contributed by atoms with Crippen LogP contribution in [0.4, 0.5) is 0 Å². The fourth-order valence-corrected chi connectivity index (χ4v) is 1.94. The molecule has 3 aromatic rings. The van der Waals surface area contributed by atoms with Crippen LogP contribution in [0.15, 0.2) is 48.5 Å². The standard InChI is InChI=1S/C16H12N2O3/c1-10-6-8-11(9-7-10)21-15-12-4-2-3-5-13(12)17-14(18-15)16(19)20/h2-9H,1H3,(H,19,20). The molecule has 104 valence electrons. The molecule has 2 aromatic carbocycles. The van der Waals surface area contributed by atoms with Crippen LogP contribution in [0.5, 0.6) is 11.6 Å². The number of benzene rings is 2. The van der Waals surface area contributed by atoms with E-state index in [1.54, 1.807) is 18.2 Å². The van der Waals surface area contributed by atoms with Gasteiger partial charge in [0.25, 0.3) is 0 Å². The molecule has 0 saturated heterocycles. The minimum absolute atomic E-state index is 0.238. The molecule has 0 spiro atoms. The zero-order valence-corrected chi connectivity index (χ0v) is 11.3. The smallest absolute Gasteiger partial charge is 0.374 e. The number of ether oxygens (including phenoxy) is 1. The summed E-state index contributed by atoms with van der Waals surface area (Å²) < 4.78 is 5.72. The first kappa shape index (κ1) is 13.1. The first-order valence-corrected chi connectivity index (χ1v) is 6.38. The Labute approximate surface area is 120 Å². The third-order valence-electron chi connectivity index (χ3n) is 3.00. The van der Waals surface area contributed by atoms with Gasteiger partial charge in [-0.3, -0.25) is 0 Å². The van der Waals surface area contributed by atoms with Crippen LogP contribution in [0.3, 0.4) is 0 Å². The molecule has 0 amide bonds. The van der Waals surface area contributed by atoms with Crippen molar-refractivity contribution < 1.29 is 14.6 Å². The van der Waals surface area contributed by atoms with Gasteiger partial charge in [0.15, 0.2) is 0 Å². The number of nitrogens with zero attached hydrogens (tertiary/aromatic N) is 2. The minimum atomic E-state index is -1.19. The van der Waals surface area contributed by atoms with Crippen molar-refractivity contribution in [2.45, 2.75) is 6.92 Å². The van der Waals surface area contributed by atoms with Gasteiger partial charge in [0.05, 0.1) is 10.9 Å². The van der Waals surface area contributed by atoms with Gasteiger partial charge in [0.1, 0.15) is 5.75 Å². The average molecular weight is 280 g/mol. The zero-order chi connectivity index (χ0) is 14.8. The number of carboxylic acid groups (broad SMARTS) is 1. The summed E-state index contributed by atoms with van der Waals surface area (Å²) in [5.41, 5.74) is 1.65. The van der Waals surface area contributed by atoms with E-state index in [0.717, 1.165) is 5.56 Å². The molecule has 0 aliphatic carbocycles. The number of rotatable bonds is 3. The second-order valence-corrected chi connectivity index (χ2v) is 4.59. The van der Waals surface area contributed by atoms with Crippen molar-refractivity contribution in [3.63, 3.8) is 0 Å². The van der Waals surface area contributed by atoms with Gasteiger partial charge in [0, 0.05) is 0 Å². The van der Waals surface area contributed by atoms with E-state index >= 15 is 0 Å². The summed E-state index contributed by atoms with van der Waals surface area (Å²) in [4.78, 5) is 19.1. The first-order chi connectivity index (χ1) is 10.1. The predicted molar refractivity (Wildman–Crippen MR) is 77.8 cm³/mol. The molecule has 0 saturated carbocycles. The van der Waals surface area contributed by atoms with Crippen molar-refractivity contribution in [2.75, 3.05) is 0 Å². The van der Waals surface area contributed by atoms with Crippen LogP contribution >= 0.6 is 0 Å². The van der Waals surface area contributed by atoms with Gasteiger partial charge in [-0.05, 0) is 31.2 Å². The Kier molecular flexibility index (Phi) is 3.23. The lowest BCUT2D eigenvalue weighted by Crippen LogP contribution is -2.05. The van der Waals surface area contributed by atoms with Gasteiger partial charge in [-0.15, -0.1) is 0 Å². The highest BCUT2D eigenvalue weighted by Crippen LogP contribution is 2.27. The lowest BCUT2D eigenvalue weighted by molar-refractivity contribution is 0.0683. The van der Waals surface area contributed by atoms with E-state index in [2.05, 4.69) is 9.97 Å². The second-order valence-electron chi connectivity index (χ2n) is 4.59. The molecule has 1 heterocycles. The maximum Gasteiger partial charge on any atom is 0.374 e. The highest BCUT2D eigenvalue weighted by atomic mass is 16.5. The summed E-state index contributed by atoms with van der Waals surface area (Å²) in [5.74, 6) is -0.632. The number of aromatic nitrogens is 2. The maximum atomic E-state index is 11.1. The van der Waals surface area contributed by atoms with Crippen LogP contribution < -0.4 is 4.74 Å². The Morgan fingerprint density at radius 1 is 1.05 bits per heavy atom. The highest BCUT2D eigenvalue weighted by Gasteiger charge is 2.14. The molecule has 5 heteroatoms. The Balaban J connectivity index is 2.11. The van der Waals surface area contributed by atoms with Crippen LogP contribution in [0.2, 0.25) is 0 Å². The third-order valence-corrected chi connectivity index (χ3v) is 3.00. The third kappa shape index (κ3) is 2.67. The van der Waals surface area contributed by atoms with Gasteiger partial charge in [-0.25, -0.2) is 9.78 Å². The first-order valence-electron chi connectivity index (χ1n) is 6.38. The molecule has 0 radical (unpaired) electrons. The van der Waals surface area contributed by atoms with Crippen molar-refractivity contribution in [1.82, 2.24) is 9.97 Å². The highest BCUT2D eigenvalue weighted by molar-refractivity contribution is 5.90.